The zero-order valence-corrected chi connectivity index (χ0v) is 23.6. The molecule has 2 atom stereocenters. The summed E-state index contributed by atoms with van der Waals surface area (Å²) < 4.78 is 11.5. The molecular formula is C32H35N5O4. The standard InChI is InChI=1S/C32H35N5O4/c1-22(2)32(39)37-23(3)19-36(20-26-7-4-5-8-29(26)41-30-18-33-14-15-34-30)21-27(37)31(38)35-17-24-10-12-25(13-11-24)28-9-6-16-40-28/h4-16,18,22-23,27H,17,19-21H2,1-3H3,(H,35,38). The number of benzene rings is 2. The molecule has 1 fully saturated rings. The van der Waals surface area contributed by atoms with E-state index in [-0.39, 0.29) is 23.8 Å². The highest BCUT2D eigenvalue weighted by Crippen LogP contribution is 2.27. The molecule has 0 spiro atoms. The second kappa shape index (κ2) is 12.8. The average Bonchev–Trinajstić information content (AvgIpc) is 3.52. The minimum Gasteiger partial charge on any atom is -0.464 e. The molecule has 1 aliphatic heterocycles. The van der Waals surface area contributed by atoms with E-state index < -0.39 is 6.04 Å². The van der Waals surface area contributed by atoms with Gasteiger partial charge in [0.05, 0.1) is 12.5 Å². The lowest BCUT2D eigenvalue weighted by atomic mass is 10.0. The quantitative estimate of drug-likeness (QED) is 0.315. The first-order valence-corrected chi connectivity index (χ1v) is 13.9. The van der Waals surface area contributed by atoms with Crippen LogP contribution in [0, 0.1) is 5.92 Å². The summed E-state index contributed by atoms with van der Waals surface area (Å²) >= 11 is 0. The molecule has 1 aliphatic rings. The van der Waals surface area contributed by atoms with Crippen molar-refractivity contribution in [2.75, 3.05) is 13.1 Å². The lowest BCUT2D eigenvalue weighted by Crippen LogP contribution is -2.64. The van der Waals surface area contributed by atoms with Crippen LogP contribution in [0.4, 0.5) is 0 Å². The van der Waals surface area contributed by atoms with Gasteiger partial charge in [0.15, 0.2) is 0 Å². The van der Waals surface area contributed by atoms with Crippen LogP contribution in [-0.2, 0) is 22.7 Å². The number of aromatic nitrogens is 2. The van der Waals surface area contributed by atoms with Crippen LogP contribution in [0.15, 0.2) is 89.9 Å². The maximum Gasteiger partial charge on any atom is 0.244 e. The van der Waals surface area contributed by atoms with Crippen LogP contribution in [0.3, 0.4) is 0 Å². The number of carbonyl (C=O) groups is 2. The maximum atomic E-state index is 13.6. The summed E-state index contributed by atoms with van der Waals surface area (Å²) in [5, 5.41) is 3.07. The van der Waals surface area contributed by atoms with E-state index in [2.05, 4.69) is 20.2 Å². The largest absolute Gasteiger partial charge is 0.464 e. The van der Waals surface area contributed by atoms with Gasteiger partial charge in [-0.05, 0) is 30.7 Å². The van der Waals surface area contributed by atoms with Gasteiger partial charge in [-0.15, -0.1) is 0 Å². The lowest BCUT2D eigenvalue weighted by Gasteiger charge is -2.45. The van der Waals surface area contributed by atoms with E-state index in [9.17, 15) is 9.59 Å². The van der Waals surface area contributed by atoms with Crippen LogP contribution in [0.1, 0.15) is 31.9 Å². The van der Waals surface area contributed by atoms with Crippen LogP contribution >= 0.6 is 0 Å². The number of hydrogen-bond donors (Lipinski definition) is 1. The van der Waals surface area contributed by atoms with Crippen molar-refractivity contribution in [1.82, 2.24) is 25.1 Å². The van der Waals surface area contributed by atoms with E-state index in [4.69, 9.17) is 9.15 Å². The number of piperazine rings is 1. The summed E-state index contributed by atoms with van der Waals surface area (Å²) in [7, 11) is 0. The summed E-state index contributed by atoms with van der Waals surface area (Å²) in [6, 6.07) is 18.7. The molecule has 212 valence electrons. The van der Waals surface area contributed by atoms with Gasteiger partial charge in [-0.3, -0.25) is 19.5 Å². The molecule has 5 rings (SSSR count). The number of furan rings is 1. The van der Waals surface area contributed by atoms with Crippen LogP contribution in [-0.4, -0.2) is 56.8 Å². The molecule has 3 heterocycles. The third-order valence-corrected chi connectivity index (χ3v) is 7.16. The number of nitrogens with one attached hydrogen (secondary N) is 1. The van der Waals surface area contributed by atoms with Crippen molar-refractivity contribution in [3.05, 3.63) is 96.6 Å². The Morgan fingerprint density at radius 3 is 2.56 bits per heavy atom. The SMILES string of the molecule is CC(C)C(=O)N1C(C)CN(Cc2ccccc2Oc2cnccn2)CC1C(=O)NCc1ccc(-c2ccco2)cc1. The van der Waals surface area contributed by atoms with Gasteiger partial charge in [0.1, 0.15) is 17.6 Å². The molecule has 2 amide bonds. The van der Waals surface area contributed by atoms with Crippen LogP contribution in [0.25, 0.3) is 11.3 Å². The minimum absolute atomic E-state index is 0.0218. The predicted molar refractivity (Wildman–Crippen MR) is 155 cm³/mol. The molecule has 2 unspecified atom stereocenters. The summed E-state index contributed by atoms with van der Waals surface area (Å²) in [5.74, 6) is 1.48. The molecule has 0 bridgehead atoms. The number of carbonyl (C=O) groups excluding carboxylic acids is 2. The van der Waals surface area contributed by atoms with Gasteiger partial charge >= 0.3 is 0 Å². The van der Waals surface area contributed by atoms with Crippen molar-refractivity contribution >= 4 is 11.8 Å². The Balaban J connectivity index is 1.30. The van der Waals surface area contributed by atoms with Gasteiger partial charge in [0.25, 0.3) is 0 Å². The molecule has 0 saturated carbocycles. The number of para-hydroxylation sites is 1. The fraction of sp³-hybridized carbons (Fsp3) is 0.312. The highest BCUT2D eigenvalue weighted by atomic mass is 16.5. The van der Waals surface area contributed by atoms with E-state index in [1.807, 2.05) is 81.4 Å². The summed E-state index contributed by atoms with van der Waals surface area (Å²) in [4.78, 5) is 39.1. The first-order chi connectivity index (χ1) is 19.9. The molecule has 4 aromatic rings. The topological polar surface area (TPSA) is 101 Å². The second-order valence-electron chi connectivity index (χ2n) is 10.6. The Kier molecular flexibility index (Phi) is 8.74. The summed E-state index contributed by atoms with van der Waals surface area (Å²) in [6.07, 6.45) is 6.40. The molecule has 0 aliphatic carbocycles. The number of rotatable bonds is 9. The fourth-order valence-corrected chi connectivity index (χ4v) is 5.15. The first-order valence-electron chi connectivity index (χ1n) is 13.9. The Bertz CT molecular complexity index is 1440. The van der Waals surface area contributed by atoms with Gasteiger partial charge in [-0.1, -0.05) is 56.3 Å². The molecule has 1 N–H and O–H groups in total. The molecule has 1 saturated heterocycles. The fourth-order valence-electron chi connectivity index (χ4n) is 5.15. The summed E-state index contributed by atoms with van der Waals surface area (Å²) in [5.41, 5.74) is 2.90. The first kappa shape index (κ1) is 28.0. The molecule has 0 radical (unpaired) electrons. The van der Waals surface area contributed by atoms with Crippen LogP contribution in [0.5, 0.6) is 11.6 Å². The van der Waals surface area contributed by atoms with Crippen molar-refractivity contribution in [2.24, 2.45) is 5.92 Å². The number of amides is 2. The highest BCUT2D eigenvalue weighted by Gasteiger charge is 2.40. The van der Waals surface area contributed by atoms with Crippen molar-refractivity contribution in [1.29, 1.82) is 0 Å². The predicted octanol–water partition coefficient (Wildman–Crippen LogP) is 4.90. The zero-order chi connectivity index (χ0) is 28.8. The number of ether oxygens (including phenoxy) is 1. The monoisotopic (exact) mass is 553 g/mol. The Hall–Kier alpha value is -4.50. The zero-order valence-electron chi connectivity index (χ0n) is 23.6. The summed E-state index contributed by atoms with van der Waals surface area (Å²) in [6.45, 7) is 7.71. The maximum absolute atomic E-state index is 13.6. The van der Waals surface area contributed by atoms with Crippen LogP contribution < -0.4 is 10.1 Å². The van der Waals surface area contributed by atoms with Crippen molar-refractivity contribution in [3.8, 4) is 23.0 Å². The number of hydrogen-bond acceptors (Lipinski definition) is 7. The minimum atomic E-state index is -0.621. The van der Waals surface area contributed by atoms with Gasteiger partial charge in [-0.2, -0.15) is 0 Å². The molecule has 41 heavy (non-hydrogen) atoms. The van der Waals surface area contributed by atoms with E-state index >= 15 is 0 Å². The van der Waals surface area contributed by atoms with E-state index in [1.54, 1.807) is 29.8 Å². The van der Waals surface area contributed by atoms with E-state index in [1.165, 1.54) is 0 Å². The number of nitrogens with zero attached hydrogens (tertiary/aromatic N) is 4. The van der Waals surface area contributed by atoms with E-state index in [0.29, 0.717) is 37.8 Å². The van der Waals surface area contributed by atoms with Crippen molar-refractivity contribution < 1.29 is 18.7 Å². The van der Waals surface area contributed by atoms with Gasteiger partial charge in [-0.25, -0.2) is 4.98 Å². The Labute approximate surface area is 240 Å². The van der Waals surface area contributed by atoms with E-state index in [0.717, 1.165) is 22.5 Å². The Morgan fingerprint density at radius 1 is 1.05 bits per heavy atom. The second-order valence-corrected chi connectivity index (χ2v) is 10.6. The third kappa shape index (κ3) is 6.81. The average molecular weight is 554 g/mol. The normalized spacial score (nSPS) is 17.4. The van der Waals surface area contributed by atoms with Crippen molar-refractivity contribution in [2.45, 2.75) is 45.9 Å². The molecular weight excluding hydrogens is 518 g/mol. The van der Waals surface area contributed by atoms with Crippen molar-refractivity contribution in [3.63, 3.8) is 0 Å². The lowest BCUT2D eigenvalue weighted by molar-refractivity contribution is -0.150. The van der Waals surface area contributed by atoms with Gasteiger partial charge in [0.2, 0.25) is 17.7 Å². The Morgan fingerprint density at radius 2 is 1.85 bits per heavy atom. The van der Waals surface area contributed by atoms with Gasteiger partial charge < -0.3 is 19.4 Å². The van der Waals surface area contributed by atoms with Gasteiger partial charge in [0, 0.05) is 61.7 Å². The third-order valence-electron chi connectivity index (χ3n) is 7.16. The molecule has 9 heteroatoms. The highest BCUT2D eigenvalue weighted by molar-refractivity contribution is 5.89. The molecule has 2 aromatic carbocycles. The van der Waals surface area contributed by atoms with Crippen LogP contribution in [0.2, 0.25) is 0 Å². The molecule has 2 aromatic heterocycles. The molecule has 9 nitrogen and oxygen atoms in total. The smallest absolute Gasteiger partial charge is 0.244 e.